The fourth-order valence-corrected chi connectivity index (χ4v) is 2.57. The van der Waals surface area contributed by atoms with Crippen molar-refractivity contribution in [2.75, 3.05) is 7.11 Å². The Morgan fingerprint density at radius 1 is 1.30 bits per heavy atom. The van der Waals surface area contributed by atoms with E-state index in [4.69, 9.17) is 10.00 Å². The molecular weight excluding hydrogens is 348 g/mol. The van der Waals surface area contributed by atoms with Gasteiger partial charge in [0, 0.05) is 6.42 Å². The van der Waals surface area contributed by atoms with E-state index in [9.17, 15) is 14.4 Å². The highest BCUT2D eigenvalue weighted by atomic mass is 16.5. The number of amides is 1. The molecule has 0 fully saturated rings. The number of esters is 1. The quantitative estimate of drug-likeness (QED) is 0.748. The van der Waals surface area contributed by atoms with Crippen molar-refractivity contribution in [2.24, 2.45) is 0 Å². The zero-order chi connectivity index (χ0) is 20.0. The van der Waals surface area contributed by atoms with Gasteiger partial charge in [0.05, 0.1) is 12.8 Å². The van der Waals surface area contributed by atoms with Crippen molar-refractivity contribution in [2.45, 2.75) is 32.9 Å². The molecule has 0 saturated heterocycles. The number of nitrogens with zero attached hydrogens (tertiary/aromatic N) is 3. The Morgan fingerprint density at radius 2 is 1.96 bits per heavy atom. The number of aryl methyl sites for hydroxylation is 1. The Labute approximate surface area is 156 Å². The number of carbonyl (C=O) groups excluding carboxylic acids is 2. The third kappa shape index (κ3) is 4.79. The Balaban J connectivity index is 2.19. The van der Waals surface area contributed by atoms with E-state index in [2.05, 4.69) is 10.4 Å². The topological polar surface area (TPSA) is 114 Å². The van der Waals surface area contributed by atoms with Crippen molar-refractivity contribution in [3.8, 4) is 6.07 Å². The van der Waals surface area contributed by atoms with E-state index in [0.717, 1.165) is 10.2 Å². The number of nitrogens with one attached hydrogen (secondary N) is 1. The predicted molar refractivity (Wildman–Crippen MR) is 96.8 cm³/mol. The molecule has 2 aromatic rings. The van der Waals surface area contributed by atoms with Gasteiger partial charge < -0.3 is 10.1 Å². The largest absolute Gasteiger partial charge is 0.467 e. The number of ether oxygens (including phenoxy) is 1. The summed E-state index contributed by atoms with van der Waals surface area (Å²) in [6.07, 6.45) is 0.248. The van der Waals surface area contributed by atoms with Crippen LogP contribution in [0.4, 0.5) is 0 Å². The van der Waals surface area contributed by atoms with Crippen LogP contribution in [-0.2, 0) is 27.3 Å². The molecule has 2 rings (SSSR count). The first kappa shape index (κ1) is 19.8. The average Bonchev–Trinajstić information content (AvgIpc) is 2.66. The van der Waals surface area contributed by atoms with E-state index in [0.29, 0.717) is 11.3 Å². The fraction of sp³-hybridized carbons (Fsp3) is 0.316. The summed E-state index contributed by atoms with van der Waals surface area (Å²) in [6, 6.07) is 10.1. The number of rotatable bonds is 6. The summed E-state index contributed by atoms with van der Waals surface area (Å²) in [7, 11) is 1.24. The summed E-state index contributed by atoms with van der Waals surface area (Å²) in [6.45, 7) is 2.87. The first-order valence-corrected chi connectivity index (χ1v) is 8.27. The molecule has 0 unspecified atom stereocenters. The Bertz CT molecular complexity index is 945. The van der Waals surface area contributed by atoms with Gasteiger partial charge in [-0.25, -0.2) is 9.48 Å². The maximum Gasteiger partial charge on any atom is 0.328 e. The number of benzene rings is 1. The van der Waals surface area contributed by atoms with Crippen molar-refractivity contribution in [1.29, 1.82) is 5.26 Å². The van der Waals surface area contributed by atoms with Gasteiger partial charge in [-0.1, -0.05) is 30.3 Å². The highest BCUT2D eigenvalue weighted by molar-refractivity contribution is 5.84. The van der Waals surface area contributed by atoms with E-state index >= 15 is 0 Å². The van der Waals surface area contributed by atoms with Gasteiger partial charge in [-0.3, -0.25) is 9.59 Å². The van der Waals surface area contributed by atoms with Crippen LogP contribution in [0, 0.1) is 25.2 Å². The first-order valence-electron chi connectivity index (χ1n) is 8.27. The summed E-state index contributed by atoms with van der Waals surface area (Å²) >= 11 is 0. The van der Waals surface area contributed by atoms with Gasteiger partial charge in [0.2, 0.25) is 5.91 Å². The number of nitriles is 1. The van der Waals surface area contributed by atoms with E-state index in [1.807, 2.05) is 36.4 Å². The maximum atomic E-state index is 12.4. The van der Waals surface area contributed by atoms with Crippen molar-refractivity contribution in [3.05, 3.63) is 63.1 Å². The summed E-state index contributed by atoms with van der Waals surface area (Å²) in [5.74, 6) is -1.17. The van der Waals surface area contributed by atoms with Gasteiger partial charge in [0.1, 0.15) is 24.2 Å². The summed E-state index contributed by atoms with van der Waals surface area (Å²) in [5.41, 5.74) is 1.11. The molecule has 140 valence electrons. The molecule has 0 radical (unpaired) electrons. The van der Waals surface area contributed by atoms with Crippen LogP contribution in [0.5, 0.6) is 0 Å². The number of hydrogen-bond donors (Lipinski definition) is 1. The van der Waals surface area contributed by atoms with Crippen molar-refractivity contribution in [3.63, 3.8) is 0 Å². The number of methoxy groups -OCH3 is 1. The number of aromatic nitrogens is 2. The van der Waals surface area contributed by atoms with E-state index < -0.39 is 30.0 Å². The SMILES string of the molecule is COC(=O)[C@H](Cc1ccccc1)NC(=O)Cn1nc(C)c(C)c(C#N)c1=O. The summed E-state index contributed by atoms with van der Waals surface area (Å²) in [5, 5.41) is 15.8. The van der Waals surface area contributed by atoms with Gasteiger partial charge in [-0.2, -0.15) is 10.4 Å². The summed E-state index contributed by atoms with van der Waals surface area (Å²) < 4.78 is 5.67. The van der Waals surface area contributed by atoms with Crippen molar-refractivity contribution in [1.82, 2.24) is 15.1 Å². The zero-order valence-corrected chi connectivity index (χ0v) is 15.4. The van der Waals surface area contributed by atoms with Crippen LogP contribution < -0.4 is 10.9 Å². The van der Waals surface area contributed by atoms with Gasteiger partial charge in [0.15, 0.2) is 0 Å². The Morgan fingerprint density at radius 3 is 2.56 bits per heavy atom. The third-order valence-electron chi connectivity index (χ3n) is 4.15. The molecule has 1 aromatic carbocycles. The molecule has 0 aliphatic carbocycles. The first-order chi connectivity index (χ1) is 12.9. The van der Waals surface area contributed by atoms with E-state index in [1.165, 1.54) is 7.11 Å². The van der Waals surface area contributed by atoms with Gasteiger partial charge in [0.25, 0.3) is 5.56 Å². The molecular formula is C19H20N4O4. The van der Waals surface area contributed by atoms with Crippen LogP contribution in [0.2, 0.25) is 0 Å². The lowest BCUT2D eigenvalue weighted by Gasteiger charge is -2.17. The molecule has 1 heterocycles. The normalized spacial score (nSPS) is 11.3. The lowest BCUT2D eigenvalue weighted by molar-refractivity contribution is -0.145. The fourth-order valence-electron chi connectivity index (χ4n) is 2.57. The monoisotopic (exact) mass is 368 g/mol. The van der Waals surface area contributed by atoms with Gasteiger partial charge >= 0.3 is 5.97 Å². The zero-order valence-electron chi connectivity index (χ0n) is 15.4. The number of hydrogen-bond acceptors (Lipinski definition) is 6. The molecule has 1 amide bonds. The molecule has 1 N–H and O–H groups in total. The lowest BCUT2D eigenvalue weighted by Crippen LogP contribution is -2.45. The van der Waals surface area contributed by atoms with E-state index in [1.54, 1.807) is 13.8 Å². The second-order valence-corrected chi connectivity index (χ2v) is 5.99. The molecule has 8 heteroatoms. The molecule has 27 heavy (non-hydrogen) atoms. The number of carbonyl (C=O) groups is 2. The standard InChI is InChI=1S/C19H20N4O4/c1-12-13(2)22-23(18(25)15(12)10-20)11-17(24)21-16(19(26)27-3)9-14-7-5-4-6-8-14/h4-8,16H,9,11H2,1-3H3,(H,21,24)/t16-/m0/s1. The van der Waals surface area contributed by atoms with Crippen molar-refractivity contribution < 1.29 is 14.3 Å². The van der Waals surface area contributed by atoms with Crippen molar-refractivity contribution >= 4 is 11.9 Å². The molecule has 1 aromatic heterocycles. The lowest BCUT2D eigenvalue weighted by atomic mass is 10.1. The molecule has 0 bridgehead atoms. The Kier molecular flexibility index (Phi) is 6.44. The molecule has 0 aliphatic heterocycles. The maximum absolute atomic E-state index is 12.4. The summed E-state index contributed by atoms with van der Waals surface area (Å²) in [4.78, 5) is 36.7. The van der Waals surface area contributed by atoms with Crippen LogP contribution in [0.3, 0.4) is 0 Å². The highest BCUT2D eigenvalue weighted by Crippen LogP contribution is 2.06. The van der Waals surface area contributed by atoms with Gasteiger partial charge in [-0.05, 0) is 25.0 Å². The molecule has 0 spiro atoms. The smallest absolute Gasteiger partial charge is 0.328 e. The highest BCUT2D eigenvalue weighted by Gasteiger charge is 2.23. The second-order valence-electron chi connectivity index (χ2n) is 5.99. The van der Waals surface area contributed by atoms with Crippen LogP contribution in [-0.4, -0.2) is 34.8 Å². The minimum Gasteiger partial charge on any atom is -0.467 e. The third-order valence-corrected chi connectivity index (χ3v) is 4.15. The van der Waals surface area contributed by atoms with Crippen LogP contribution >= 0.6 is 0 Å². The minimum absolute atomic E-state index is 0.0518. The van der Waals surface area contributed by atoms with E-state index in [-0.39, 0.29) is 12.0 Å². The minimum atomic E-state index is -0.900. The molecule has 8 nitrogen and oxygen atoms in total. The molecule has 0 aliphatic rings. The average molecular weight is 368 g/mol. The Hall–Kier alpha value is -3.47. The van der Waals surface area contributed by atoms with Crippen LogP contribution in [0.15, 0.2) is 35.1 Å². The molecule has 1 atom stereocenters. The second kappa shape index (κ2) is 8.76. The predicted octanol–water partition coefficient (Wildman–Crippen LogP) is 0.632. The van der Waals surface area contributed by atoms with Crippen LogP contribution in [0.25, 0.3) is 0 Å². The van der Waals surface area contributed by atoms with Gasteiger partial charge in [-0.15, -0.1) is 0 Å². The van der Waals surface area contributed by atoms with Crippen LogP contribution in [0.1, 0.15) is 22.4 Å². The molecule has 0 saturated carbocycles.